The number of hydrogen-bond acceptors (Lipinski definition) is 5. The van der Waals surface area contributed by atoms with E-state index in [1.165, 1.54) is 12.8 Å². The van der Waals surface area contributed by atoms with E-state index >= 15 is 0 Å². The van der Waals surface area contributed by atoms with E-state index in [0.717, 1.165) is 11.4 Å². The summed E-state index contributed by atoms with van der Waals surface area (Å²) in [6.45, 7) is 2.59. The van der Waals surface area contributed by atoms with Gasteiger partial charge >= 0.3 is 0 Å². The summed E-state index contributed by atoms with van der Waals surface area (Å²) >= 11 is 0. The zero-order chi connectivity index (χ0) is 11.7. The zero-order valence-corrected chi connectivity index (χ0v) is 9.68. The maximum atomic E-state index is 5.17. The molecule has 2 heterocycles. The van der Waals surface area contributed by atoms with E-state index < -0.39 is 0 Å². The fourth-order valence-corrected chi connectivity index (χ4v) is 1.62. The second-order valence-corrected chi connectivity index (χ2v) is 4.33. The Kier molecular flexibility index (Phi) is 2.60. The minimum Gasteiger partial charge on any atom is -0.337 e. The van der Waals surface area contributed by atoms with Gasteiger partial charge in [0.25, 0.3) is 0 Å². The van der Waals surface area contributed by atoms with Crippen LogP contribution in [0.3, 0.4) is 0 Å². The van der Waals surface area contributed by atoms with Gasteiger partial charge in [-0.3, -0.25) is 0 Å². The van der Waals surface area contributed by atoms with Gasteiger partial charge < -0.3 is 9.84 Å². The largest absolute Gasteiger partial charge is 0.337 e. The van der Waals surface area contributed by atoms with Crippen LogP contribution < -0.4 is 5.32 Å². The molecule has 1 aliphatic rings. The van der Waals surface area contributed by atoms with Crippen molar-refractivity contribution in [3.8, 4) is 11.5 Å². The molecule has 5 nitrogen and oxygen atoms in total. The van der Waals surface area contributed by atoms with Crippen molar-refractivity contribution in [3.63, 3.8) is 0 Å². The van der Waals surface area contributed by atoms with E-state index in [2.05, 4.69) is 20.4 Å². The number of aromatic nitrogens is 3. The van der Waals surface area contributed by atoms with Gasteiger partial charge in [-0.15, -0.1) is 0 Å². The maximum Gasteiger partial charge on any atom is 0.240 e. The van der Waals surface area contributed by atoms with Crippen LogP contribution in [-0.2, 0) is 6.54 Å². The van der Waals surface area contributed by atoms with E-state index in [0.29, 0.717) is 24.3 Å². The highest BCUT2D eigenvalue weighted by Gasteiger charge is 2.21. The van der Waals surface area contributed by atoms with Crippen LogP contribution in [0.2, 0.25) is 0 Å². The second-order valence-electron chi connectivity index (χ2n) is 4.33. The van der Waals surface area contributed by atoms with Gasteiger partial charge in [-0.25, -0.2) is 4.98 Å². The first-order valence-electron chi connectivity index (χ1n) is 5.81. The zero-order valence-electron chi connectivity index (χ0n) is 9.68. The molecular formula is C12H14N4O. The first-order chi connectivity index (χ1) is 8.31. The van der Waals surface area contributed by atoms with Crippen molar-refractivity contribution in [2.45, 2.75) is 32.4 Å². The highest BCUT2D eigenvalue weighted by molar-refractivity contribution is 5.47. The number of nitrogens with one attached hydrogen (secondary N) is 1. The third-order valence-corrected chi connectivity index (χ3v) is 2.70. The third-order valence-electron chi connectivity index (χ3n) is 2.70. The highest BCUT2D eigenvalue weighted by atomic mass is 16.5. The van der Waals surface area contributed by atoms with Crippen LogP contribution in [-0.4, -0.2) is 21.2 Å². The van der Waals surface area contributed by atoms with E-state index in [4.69, 9.17) is 4.52 Å². The van der Waals surface area contributed by atoms with E-state index in [1.807, 2.05) is 25.1 Å². The van der Waals surface area contributed by atoms with Crippen LogP contribution in [0.4, 0.5) is 0 Å². The number of nitrogens with zero attached hydrogens (tertiary/aromatic N) is 3. The van der Waals surface area contributed by atoms with Gasteiger partial charge in [0.15, 0.2) is 0 Å². The normalized spacial score (nSPS) is 15.1. The van der Waals surface area contributed by atoms with Gasteiger partial charge in [-0.2, -0.15) is 4.98 Å². The predicted molar refractivity (Wildman–Crippen MR) is 62.1 cm³/mol. The molecule has 2 aromatic heterocycles. The topological polar surface area (TPSA) is 63.8 Å². The van der Waals surface area contributed by atoms with Crippen molar-refractivity contribution >= 4 is 0 Å². The van der Waals surface area contributed by atoms with Crippen LogP contribution in [0.25, 0.3) is 11.5 Å². The minimum absolute atomic E-state index is 0.557. The fourth-order valence-electron chi connectivity index (χ4n) is 1.62. The van der Waals surface area contributed by atoms with Crippen molar-refractivity contribution in [1.29, 1.82) is 0 Å². The molecular weight excluding hydrogens is 216 g/mol. The summed E-state index contributed by atoms with van der Waals surface area (Å²) in [5.74, 6) is 1.18. The molecule has 1 N–H and O–H groups in total. The smallest absolute Gasteiger partial charge is 0.240 e. The Morgan fingerprint density at radius 3 is 3.00 bits per heavy atom. The standard InChI is InChI=1S/C12H14N4O/c1-8-3-2-4-10(14-8)12-15-11(17-16-12)7-13-9-5-6-9/h2-4,9,13H,5-7H2,1H3. The van der Waals surface area contributed by atoms with Gasteiger partial charge in [0.2, 0.25) is 11.7 Å². The van der Waals surface area contributed by atoms with Crippen LogP contribution >= 0.6 is 0 Å². The molecule has 0 amide bonds. The van der Waals surface area contributed by atoms with Crippen molar-refractivity contribution in [2.75, 3.05) is 0 Å². The first-order valence-corrected chi connectivity index (χ1v) is 5.81. The summed E-state index contributed by atoms with van der Waals surface area (Å²) in [6.07, 6.45) is 2.50. The molecule has 1 aliphatic carbocycles. The number of hydrogen-bond donors (Lipinski definition) is 1. The summed E-state index contributed by atoms with van der Waals surface area (Å²) in [5, 5.41) is 7.27. The molecule has 5 heteroatoms. The monoisotopic (exact) mass is 230 g/mol. The lowest BCUT2D eigenvalue weighted by molar-refractivity contribution is 0.367. The van der Waals surface area contributed by atoms with Crippen LogP contribution in [0, 0.1) is 6.92 Å². The van der Waals surface area contributed by atoms with E-state index in [1.54, 1.807) is 0 Å². The van der Waals surface area contributed by atoms with Crippen molar-refractivity contribution in [3.05, 3.63) is 29.8 Å². The van der Waals surface area contributed by atoms with E-state index in [9.17, 15) is 0 Å². The number of aryl methyl sites for hydroxylation is 1. The first kappa shape index (κ1) is 10.4. The molecule has 0 aliphatic heterocycles. The molecule has 1 saturated carbocycles. The Morgan fingerprint density at radius 2 is 2.24 bits per heavy atom. The molecule has 2 aromatic rings. The van der Waals surface area contributed by atoms with Gasteiger partial charge in [0.05, 0.1) is 6.54 Å². The molecule has 17 heavy (non-hydrogen) atoms. The molecule has 88 valence electrons. The second kappa shape index (κ2) is 4.25. The summed E-state index contributed by atoms with van der Waals surface area (Å²) in [7, 11) is 0. The van der Waals surface area contributed by atoms with Crippen LogP contribution in [0.15, 0.2) is 22.7 Å². The Bertz CT molecular complexity index is 519. The molecule has 0 saturated heterocycles. The summed E-state index contributed by atoms with van der Waals surface area (Å²) in [4.78, 5) is 8.68. The molecule has 0 unspecified atom stereocenters. The Hall–Kier alpha value is -1.75. The fraction of sp³-hybridized carbons (Fsp3) is 0.417. The van der Waals surface area contributed by atoms with Gasteiger partial charge in [0, 0.05) is 11.7 Å². The molecule has 1 fully saturated rings. The molecule has 0 atom stereocenters. The van der Waals surface area contributed by atoms with Crippen LogP contribution in [0.1, 0.15) is 24.4 Å². The SMILES string of the molecule is Cc1cccc(-c2noc(CNC3CC3)n2)n1. The quantitative estimate of drug-likeness (QED) is 0.866. The summed E-state index contributed by atoms with van der Waals surface area (Å²) in [6, 6.07) is 6.41. The predicted octanol–water partition coefficient (Wildman–Crippen LogP) is 1.69. The maximum absolute atomic E-state index is 5.17. The lowest BCUT2D eigenvalue weighted by Crippen LogP contribution is -2.15. The van der Waals surface area contributed by atoms with Crippen molar-refractivity contribution < 1.29 is 4.52 Å². The molecule has 0 spiro atoms. The van der Waals surface area contributed by atoms with Crippen molar-refractivity contribution in [2.24, 2.45) is 0 Å². The van der Waals surface area contributed by atoms with Gasteiger partial charge in [-0.05, 0) is 31.9 Å². The Morgan fingerprint density at radius 1 is 1.35 bits per heavy atom. The molecule has 0 bridgehead atoms. The molecule has 0 radical (unpaired) electrons. The van der Waals surface area contributed by atoms with Crippen LogP contribution in [0.5, 0.6) is 0 Å². The van der Waals surface area contributed by atoms with Gasteiger partial charge in [-0.1, -0.05) is 11.2 Å². The van der Waals surface area contributed by atoms with Crippen molar-refractivity contribution in [1.82, 2.24) is 20.4 Å². The summed E-state index contributed by atoms with van der Waals surface area (Å²) in [5.41, 5.74) is 1.70. The van der Waals surface area contributed by atoms with Gasteiger partial charge in [0.1, 0.15) is 5.69 Å². The third kappa shape index (κ3) is 2.50. The minimum atomic E-state index is 0.557. The summed E-state index contributed by atoms with van der Waals surface area (Å²) < 4.78 is 5.17. The average molecular weight is 230 g/mol. The number of pyridine rings is 1. The lowest BCUT2D eigenvalue weighted by atomic mass is 10.3. The number of rotatable bonds is 4. The molecule has 3 rings (SSSR count). The molecule has 0 aromatic carbocycles. The average Bonchev–Trinajstić information content (AvgIpc) is 3.04. The lowest BCUT2D eigenvalue weighted by Gasteiger charge is -1.95. The van der Waals surface area contributed by atoms with E-state index in [-0.39, 0.29) is 0 Å². The Labute approximate surface area is 99.3 Å². The highest BCUT2D eigenvalue weighted by Crippen LogP contribution is 2.19. The Balaban J connectivity index is 1.74.